The molecule has 0 aromatic carbocycles. The van der Waals surface area contributed by atoms with E-state index in [1.165, 1.54) is 0 Å². The molecule has 0 unspecified atom stereocenters. The van der Waals surface area contributed by atoms with Crippen molar-refractivity contribution < 1.29 is 19.8 Å². The summed E-state index contributed by atoms with van der Waals surface area (Å²) < 4.78 is -2.08. The number of carboxylic acid groups (broad SMARTS) is 2. The molecule has 0 amide bonds. The fourth-order valence-electron chi connectivity index (χ4n) is 0.0833. The molecule has 5 heteroatoms. The second-order valence-corrected chi connectivity index (χ2v) is 3.16. The van der Waals surface area contributed by atoms with E-state index in [0.717, 1.165) is 6.92 Å². The van der Waals surface area contributed by atoms with Gasteiger partial charge < -0.3 is 19.8 Å². The first-order valence-electron chi connectivity index (χ1n) is 2.01. The Hall–Kier alpha value is -0.580. The first-order valence-corrected chi connectivity index (χ1v) is 2.80. The summed E-state index contributed by atoms with van der Waals surface area (Å²) >= 11 is 2.39. The highest BCUT2D eigenvalue weighted by molar-refractivity contribution is 9.10. The smallest absolute Gasteiger partial charge is 0.101 e. The summed E-state index contributed by atoms with van der Waals surface area (Å²) in [6.45, 7) is 0.928. The number of halogens is 1. The quantitative estimate of drug-likeness (QED) is 0.364. The average molecular weight is 195 g/mol. The topological polar surface area (TPSA) is 80.3 Å². The zero-order valence-electron chi connectivity index (χ0n) is 4.51. The normalized spacial score (nSPS) is 10.9. The lowest BCUT2D eigenvalue weighted by Crippen LogP contribution is -2.53. The molecule has 0 fully saturated rings. The SMILES string of the molecule is CC(Br)(C(=O)[O-])C(=O)[O-]. The monoisotopic (exact) mass is 194 g/mol. The van der Waals surface area contributed by atoms with Gasteiger partial charge in [0.25, 0.3) is 0 Å². The highest BCUT2D eigenvalue weighted by Gasteiger charge is 2.22. The highest BCUT2D eigenvalue weighted by atomic mass is 79.9. The number of carboxylic acids is 2. The maximum absolute atomic E-state index is 9.88. The maximum atomic E-state index is 9.88. The molecule has 0 radical (unpaired) electrons. The van der Waals surface area contributed by atoms with E-state index in [1.807, 2.05) is 0 Å². The van der Waals surface area contributed by atoms with Crippen LogP contribution in [-0.4, -0.2) is 16.3 Å². The third-order valence-electron chi connectivity index (χ3n) is 0.767. The van der Waals surface area contributed by atoms with Gasteiger partial charge in [-0.3, -0.25) is 0 Å². The first kappa shape index (κ1) is 8.42. The predicted octanol–water partition coefficient (Wildman–Crippen LogP) is -2.36. The van der Waals surface area contributed by atoms with Crippen molar-refractivity contribution in [3.63, 3.8) is 0 Å². The molecule has 0 saturated heterocycles. The van der Waals surface area contributed by atoms with Gasteiger partial charge in [0.1, 0.15) is 4.32 Å². The number of carbonyl (C=O) groups is 2. The third-order valence-corrected chi connectivity index (χ3v) is 1.41. The van der Waals surface area contributed by atoms with Crippen molar-refractivity contribution in [2.24, 2.45) is 0 Å². The van der Waals surface area contributed by atoms with Crippen molar-refractivity contribution in [3.8, 4) is 0 Å². The molecule has 0 aliphatic rings. The lowest BCUT2D eigenvalue weighted by molar-refractivity contribution is -0.326. The Balaban J connectivity index is 4.38. The van der Waals surface area contributed by atoms with Gasteiger partial charge in [-0.15, -0.1) is 0 Å². The fourth-order valence-corrected chi connectivity index (χ4v) is 0.0833. The van der Waals surface area contributed by atoms with Crippen molar-refractivity contribution >= 4 is 27.9 Å². The van der Waals surface area contributed by atoms with Crippen molar-refractivity contribution in [2.45, 2.75) is 11.2 Å². The number of hydrogen-bond acceptors (Lipinski definition) is 4. The summed E-state index contributed by atoms with van der Waals surface area (Å²) in [6.07, 6.45) is 0. The van der Waals surface area contributed by atoms with Gasteiger partial charge in [-0.1, -0.05) is 15.9 Å². The lowest BCUT2D eigenvalue weighted by atomic mass is 10.2. The van der Waals surface area contributed by atoms with Gasteiger partial charge >= 0.3 is 0 Å². The van der Waals surface area contributed by atoms with Crippen molar-refractivity contribution in [1.82, 2.24) is 0 Å². The van der Waals surface area contributed by atoms with E-state index in [9.17, 15) is 19.8 Å². The maximum Gasteiger partial charge on any atom is 0.101 e. The molecule has 0 saturated carbocycles. The standard InChI is InChI=1S/C4H5BrO4/c1-4(5,2(6)7)3(8)9/h1H3,(H,6,7)(H,8,9)/p-2. The van der Waals surface area contributed by atoms with Crippen molar-refractivity contribution in [3.05, 3.63) is 0 Å². The number of aliphatic carboxylic acids is 2. The number of hydrogen-bond donors (Lipinski definition) is 0. The summed E-state index contributed by atoms with van der Waals surface area (Å²) in [5.41, 5.74) is 0. The van der Waals surface area contributed by atoms with Gasteiger partial charge in [0.15, 0.2) is 0 Å². The summed E-state index contributed by atoms with van der Waals surface area (Å²) in [5, 5.41) is 19.8. The van der Waals surface area contributed by atoms with Crippen LogP contribution in [0.2, 0.25) is 0 Å². The molecule has 0 aliphatic heterocycles. The second kappa shape index (κ2) is 2.34. The van der Waals surface area contributed by atoms with Gasteiger partial charge in [-0.05, 0) is 6.92 Å². The highest BCUT2D eigenvalue weighted by Crippen LogP contribution is 2.13. The molecule has 0 aromatic heterocycles. The Morgan fingerprint density at radius 2 is 1.56 bits per heavy atom. The zero-order valence-corrected chi connectivity index (χ0v) is 6.10. The summed E-state index contributed by atoms with van der Waals surface area (Å²) in [6, 6.07) is 0. The van der Waals surface area contributed by atoms with E-state index in [4.69, 9.17) is 0 Å². The van der Waals surface area contributed by atoms with Gasteiger partial charge in [0.2, 0.25) is 0 Å². The molecular weight excluding hydrogens is 192 g/mol. The van der Waals surface area contributed by atoms with Gasteiger partial charge in [-0.2, -0.15) is 0 Å². The van der Waals surface area contributed by atoms with Crippen LogP contribution in [0.1, 0.15) is 6.92 Å². The molecule has 0 N–H and O–H groups in total. The second-order valence-electron chi connectivity index (χ2n) is 1.58. The molecule has 0 bridgehead atoms. The molecule has 0 heterocycles. The molecule has 0 rings (SSSR count). The van der Waals surface area contributed by atoms with E-state index in [-0.39, 0.29) is 0 Å². The van der Waals surface area contributed by atoms with Crippen LogP contribution in [0.5, 0.6) is 0 Å². The van der Waals surface area contributed by atoms with E-state index in [2.05, 4.69) is 15.9 Å². The Labute approximate surface area is 59.6 Å². The largest absolute Gasteiger partial charge is 0.548 e. The molecular formula is C4H3BrO4-2. The number of alkyl halides is 1. The van der Waals surface area contributed by atoms with Gasteiger partial charge in [0.05, 0.1) is 11.9 Å². The lowest BCUT2D eigenvalue weighted by Gasteiger charge is -2.23. The predicted molar refractivity (Wildman–Crippen MR) is 27.3 cm³/mol. The van der Waals surface area contributed by atoms with E-state index < -0.39 is 16.3 Å². The Bertz CT molecular complexity index is 135. The van der Waals surface area contributed by atoms with E-state index in [1.54, 1.807) is 0 Å². The van der Waals surface area contributed by atoms with E-state index in [0.29, 0.717) is 0 Å². The first-order chi connectivity index (χ1) is 3.89. The van der Waals surface area contributed by atoms with Crippen LogP contribution in [0.25, 0.3) is 0 Å². The molecule has 0 spiro atoms. The minimum atomic E-state index is -2.08. The molecule has 0 aromatic rings. The number of rotatable bonds is 2. The molecule has 52 valence electrons. The van der Waals surface area contributed by atoms with Crippen LogP contribution >= 0.6 is 15.9 Å². The molecule has 0 atom stereocenters. The van der Waals surface area contributed by atoms with Crippen molar-refractivity contribution in [1.29, 1.82) is 0 Å². The van der Waals surface area contributed by atoms with Crippen LogP contribution in [0, 0.1) is 0 Å². The molecule has 9 heavy (non-hydrogen) atoms. The van der Waals surface area contributed by atoms with Gasteiger partial charge in [-0.25, -0.2) is 0 Å². The van der Waals surface area contributed by atoms with E-state index >= 15 is 0 Å². The molecule has 0 aliphatic carbocycles. The zero-order chi connectivity index (χ0) is 7.65. The van der Waals surface area contributed by atoms with Crippen LogP contribution in [0.3, 0.4) is 0 Å². The Morgan fingerprint density at radius 1 is 1.33 bits per heavy atom. The van der Waals surface area contributed by atoms with Crippen LogP contribution in [0.15, 0.2) is 0 Å². The summed E-state index contributed by atoms with van der Waals surface area (Å²) in [5.74, 6) is -3.44. The van der Waals surface area contributed by atoms with Gasteiger partial charge in [0, 0.05) is 0 Å². The van der Waals surface area contributed by atoms with Crippen LogP contribution < -0.4 is 10.2 Å². The average Bonchev–Trinajstić information content (AvgIpc) is 1.65. The molecule has 4 nitrogen and oxygen atoms in total. The van der Waals surface area contributed by atoms with Crippen LogP contribution in [-0.2, 0) is 9.59 Å². The Morgan fingerprint density at radius 3 is 1.56 bits per heavy atom. The van der Waals surface area contributed by atoms with Crippen LogP contribution in [0.4, 0.5) is 0 Å². The Kier molecular flexibility index (Phi) is 2.19. The minimum absolute atomic E-state index is 0.928. The summed E-state index contributed by atoms with van der Waals surface area (Å²) in [7, 11) is 0. The third kappa shape index (κ3) is 1.67. The fraction of sp³-hybridized carbons (Fsp3) is 0.500. The van der Waals surface area contributed by atoms with Crippen molar-refractivity contribution in [2.75, 3.05) is 0 Å². The summed E-state index contributed by atoms with van der Waals surface area (Å²) in [4.78, 5) is 19.8. The minimum Gasteiger partial charge on any atom is -0.548 e. The number of carbonyl (C=O) groups excluding carboxylic acids is 2.